The zero-order chi connectivity index (χ0) is 15.6. The molecule has 0 atom stereocenters. The molecule has 1 aliphatic rings. The van der Waals surface area contributed by atoms with Crippen LogP contribution in [0.4, 0.5) is 4.79 Å². The molecule has 0 aromatic carbocycles. The maximum absolute atomic E-state index is 11.9. The van der Waals surface area contributed by atoms with Crippen LogP contribution < -0.4 is 0 Å². The van der Waals surface area contributed by atoms with Crippen LogP contribution >= 0.6 is 0 Å². The first-order valence-electron chi connectivity index (χ1n) is 6.94. The number of carboxylic acid groups (broad SMARTS) is 1. The van der Waals surface area contributed by atoms with E-state index in [0.29, 0.717) is 31.7 Å². The second kappa shape index (κ2) is 5.75. The largest absolute Gasteiger partial charge is 0.476 e. The van der Waals surface area contributed by atoms with Crippen LogP contribution in [-0.4, -0.2) is 45.9 Å². The lowest BCUT2D eigenvalue weighted by atomic mass is 9.94. The number of hydrogen-bond acceptors (Lipinski definition) is 5. The minimum Gasteiger partial charge on any atom is -0.476 e. The highest BCUT2D eigenvalue weighted by atomic mass is 16.6. The summed E-state index contributed by atoms with van der Waals surface area (Å²) < 4.78 is 10.4. The fourth-order valence-corrected chi connectivity index (χ4v) is 2.26. The van der Waals surface area contributed by atoms with Gasteiger partial charge in [0.15, 0.2) is 5.69 Å². The number of aromatic nitrogens is 1. The van der Waals surface area contributed by atoms with E-state index < -0.39 is 11.6 Å². The molecule has 0 radical (unpaired) electrons. The summed E-state index contributed by atoms with van der Waals surface area (Å²) in [5, 5.41) is 12.3. The van der Waals surface area contributed by atoms with Crippen molar-refractivity contribution in [2.45, 2.75) is 45.1 Å². The molecule has 1 aromatic rings. The molecule has 21 heavy (non-hydrogen) atoms. The van der Waals surface area contributed by atoms with Crippen molar-refractivity contribution in [2.75, 3.05) is 13.1 Å². The highest BCUT2D eigenvalue weighted by molar-refractivity contribution is 5.85. The minimum atomic E-state index is -1.10. The topological polar surface area (TPSA) is 92.9 Å². The van der Waals surface area contributed by atoms with Crippen LogP contribution in [0.2, 0.25) is 0 Å². The van der Waals surface area contributed by atoms with E-state index in [1.165, 1.54) is 6.07 Å². The maximum atomic E-state index is 11.9. The molecule has 0 aliphatic carbocycles. The summed E-state index contributed by atoms with van der Waals surface area (Å²) in [5.41, 5.74) is -0.588. The third-order valence-electron chi connectivity index (χ3n) is 3.30. The number of carboxylic acids is 1. The van der Waals surface area contributed by atoms with E-state index in [4.69, 9.17) is 14.4 Å². The average Bonchev–Trinajstić information content (AvgIpc) is 2.86. The van der Waals surface area contributed by atoms with Crippen LogP contribution in [0.1, 0.15) is 55.8 Å². The van der Waals surface area contributed by atoms with E-state index >= 15 is 0 Å². The lowest BCUT2D eigenvalue weighted by molar-refractivity contribution is 0.0199. The lowest BCUT2D eigenvalue weighted by Gasteiger charge is -2.32. The predicted octanol–water partition coefficient (Wildman–Crippen LogP) is 2.49. The smallest absolute Gasteiger partial charge is 0.410 e. The van der Waals surface area contributed by atoms with Gasteiger partial charge < -0.3 is 19.3 Å². The molecule has 0 unspecified atom stereocenters. The Hall–Kier alpha value is -2.05. The Balaban J connectivity index is 1.90. The van der Waals surface area contributed by atoms with Gasteiger partial charge in [-0.3, -0.25) is 0 Å². The monoisotopic (exact) mass is 296 g/mol. The summed E-state index contributed by atoms with van der Waals surface area (Å²) in [6.07, 6.45) is 1.09. The van der Waals surface area contributed by atoms with Crippen molar-refractivity contribution in [3.05, 3.63) is 17.5 Å². The summed E-state index contributed by atoms with van der Waals surface area (Å²) in [4.78, 5) is 24.4. The van der Waals surface area contributed by atoms with Crippen LogP contribution in [0.5, 0.6) is 0 Å². The first-order valence-corrected chi connectivity index (χ1v) is 6.94. The number of nitrogens with zero attached hydrogens (tertiary/aromatic N) is 2. The van der Waals surface area contributed by atoms with E-state index in [1.54, 1.807) is 4.90 Å². The molecule has 0 saturated carbocycles. The number of aromatic carboxylic acids is 1. The second-order valence-corrected chi connectivity index (χ2v) is 6.16. The van der Waals surface area contributed by atoms with Gasteiger partial charge in [0.2, 0.25) is 0 Å². The number of rotatable bonds is 2. The summed E-state index contributed by atoms with van der Waals surface area (Å²) in [7, 11) is 0. The molecule has 1 amide bonds. The van der Waals surface area contributed by atoms with Gasteiger partial charge in [-0.15, -0.1) is 0 Å². The molecular weight excluding hydrogens is 276 g/mol. The van der Waals surface area contributed by atoms with Gasteiger partial charge in [-0.2, -0.15) is 0 Å². The fourth-order valence-electron chi connectivity index (χ4n) is 2.26. The van der Waals surface area contributed by atoms with Gasteiger partial charge in [0.25, 0.3) is 0 Å². The van der Waals surface area contributed by atoms with E-state index in [1.807, 2.05) is 20.8 Å². The van der Waals surface area contributed by atoms with Crippen molar-refractivity contribution in [2.24, 2.45) is 0 Å². The maximum Gasteiger partial charge on any atom is 0.410 e. The Kier molecular flexibility index (Phi) is 4.20. The standard InChI is InChI=1S/C14H20N2O5/c1-14(2,3)20-13(19)16-6-4-9(5-7-16)11-8-10(12(17)18)15-21-11/h8-9H,4-7H2,1-3H3,(H,17,18). The summed E-state index contributed by atoms with van der Waals surface area (Å²) in [5.74, 6) is -0.447. The van der Waals surface area contributed by atoms with Crippen LogP contribution in [0.15, 0.2) is 10.6 Å². The first-order chi connectivity index (χ1) is 9.76. The second-order valence-electron chi connectivity index (χ2n) is 6.16. The number of amides is 1. The quantitative estimate of drug-likeness (QED) is 0.901. The van der Waals surface area contributed by atoms with Gasteiger partial charge in [-0.05, 0) is 33.6 Å². The molecule has 1 aromatic heterocycles. The summed E-state index contributed by atoms with van der Waals surface area (Å²) >= 11 is 0. The zero-order valence-corrected chi connectivity index (χ0v) is 12.5. The zero-order valence-electron chi connectivity index (χ0n) is 12.5. The number of hydrogen-bond donors (Lipinski definition) is 1. The molecule has 1 saturated heterocycles. The molecule has 1 fully saturated rings. The molecule has 2 rings (SSSR count). The van der Waals surface area contributed by atoms with Crippen molar-refractivity contribution in [3.63, 3.8) is 0 Å². The third kappa shape index (κ3) is 3.96. The molecule has 7 heteroatoms. The normalized spacial score (nSPS) is 16.8. The summed E-state index contributed by atoms with van der Waals surface area (Å²) in [6.45, 7) is 6.62. The molecule has 7 nitrogen and oxygen atoms in total. The highest BCUT2D eigenvalue weighted by Gasteiger charge is 2.29. The van der Waals surface area contributed by atoms with Gasteiger partial charge in [0.05, 0.1) is 0 Å². The van der Waals surface area contributed by atoms with Crippen molar-refractivity contribution < 1.29 is 24.0 Å². The van der Waals surface area contributed by atoms with E-state index in [0.717, 1.165) is 0 Å². The van der Waals surface area contributed by atoms with Gasteiger partial charge in [-0.1, -0.05) is 5.16 Å². The summed E-state index contributed by atoms with van der Waals surface area (Å²) in [6, 6.07) is 1.45. The number of carbonyl (C=O) groups is 2. The predicted molar refractivity (Wildman–Crippen MR) is 73.2 cm³/mol. The molecule has 0 spiro atoms. The minimum absolute atomic E-state index is 0.0837. The van der Waals surface area contributed by atoms with Crippen LogP contribution in [0.25, 0.3) is 0 Å². The van der Waals surface area contributed by atoms with Crippen LogP contribution in [0.3, 0.4) is 0 Å². The van der Waals surface area contributed by atoms with Crippen LogP contribution in [0, 0.1) is 0 Å². The van der Waals surface area contributed by atoms with Crippen molar-refractivity contribution in [3.8, 4) is 0 Å². The number of carbonyl (C=O) groups excluding carboxylic acids is 1. The Morgan fingerprint density at radius 1 is 1.38 bits per heavy atom. The number of likely N-dealkylation sites (tertiary alicyclic amines) is 1. The molecular formula is C14H20N2O5. The third-order valence-corrected chi connectivity index (χ3v) is 3.30. The molecule has 2 heterocycles. The fraction of sp³-hybridized carbons (Fsp3) is 0.643. The van der Waals surface area contributed by atoms with Gasteiger partial charge in [0, 0.05) is 25.1 Å². The van der Waals surface area contributed by atoms with E-state index in [2.05, 4.69) is 5.16 Å². The molecule has 0 bridgehead atoms. The molecule has 1 N–H and O–H groups in total. The van der Waals surface area contributed by atoms with Gasteiger partial charge in [0.1, 0.15) is 11.4 Å². The Morgan fingerprint density at radius 2 is 2.00 bits per heavy atom. The van der Waals surface area contributed by atoms with E-state index in [9.17, 15) is 9.59 Å². The average molecular weight is 296 g/mol. The lowest BCUT2D eigenvalue weighted by Crippen LogP contribution is -2.41. The van der Waals surface area contributed by atoms with Crippen molar-refractivity contribution >= 4 is 12.1 Å². The SMILES string of the molecule is CC(C)(C)OC(=O)N1CCC(c2cc(C(=O)O)no2)CC1. The molecule has 1 aliphatic heterocycles. The van der Waals surface area contributed by atoms with Crippen molar-refractivity contribution in [1.29, 1.82) is 0 Å². The Morgan fingerprint density at radius 3 is 2.48 bits per heavy atom. The number of ether oxygens (including phenoxy) is 1. The van der Waals surface area contributed by atoms with Gasteiger partial charge in [-0.25, -0.2) is 9.59 Å². The van der Waals surface area contributed by atoms with Crippen molar-refractivity contribution in [1.82, 2.24) is 10.1 Å². The van der Waals surface area contributed by atoms with E-state index in [-0.39, 0.29) is 17.7 Å². The Labute approximate surface area is 122 Å². The van der Waals surface area contributed by atoms with Crippen LogP contribution in [-0.2, 0) is 4.74 Å². The first kappa shape index (κ1) is 15.3. The number of piperidine rings is 1. The molecule has 116 valence electrons. The Bertz CT molecular complexity index is 524. The highest BCUT2D eigenvalue weighted by Crippen LogP contribution is 2.29. The van der Waals surface area contributed by atoms with Gasteiger partial charge >= 0.3 is 12.1 Å².